The van der Waals surface area contributed by atoms with E-state index < -0.39 is 5.41 Å². The number of aryl methyl sites for hydroxylation is 1. The maximum atomic E-state index is 12.1. The van der Waals surface area contributed by atoms with E-state index in [0.29, 0.717) is 19.4 Å². The van der Waals surface area contributed by atoms with Crippen molar-refractivity contribution < 1.29 is 4.79 Å². The van der Waals surface area contributed by atoms with E-state index in [9.17, 15) is 10.1 Å². The molecule has 2 rings (SSSR count). The lowest BCUT2D eigenvalue weighted by Crippen LogP contribution is -2.37. The van der Waals surface area contributed by atoms with E-state index in [1.807, 2.05) is 31.2 Å². The molecule has 3 nitrogen and oxygen atoms in total. The minimum absolute atomic E-state index is 0.106. The number of rotatable bonds is 3. The topological polar surface area (TPSA) is 52.9 Å². The molecule has 0 bridgehead atoms. The smallest absolute Gasteiger partial charge is 0.240 e. The Hall–Kier alpha value is -1.82. The van der Waals surface area contributed by atoms with E-state index in [1.165, 1.54) is 0 Å². The maximum absolute atomic E-state index is 12.1. The van der Waals surface area contributed by atoms with E-state index >= 15 is 0 Å². The molecule has 1 saturated carbocycles. The van der Waals surface area contributed by atoms with E-state index in [0.717, 1.165) is 24.0 Å². The van der Waals surface area contributed by atoms with Crippen molar-refractivity contribution in [1.29, 1.82) is 5.26 Å². The molecule has 1 fully saturated rings. The van der Waals surface area contributed by atoms with Gasteiger partial charge in [0.1, 0.15) is 5.41 Å². The highest BCUT2D eigenvalue weighted by molar-refractivity contribution is 5.85. The van der Waals surface area contributed by atoms with Crippen LogP contribution < -0.4 is 5.32 Å². The summed E-state index contributed by atoms with van der Waals surface area (Å²) in [6.45, 7) is 2.53. The van der Waals surface area contributed by atoms with Gasteiger partial charge in [-0.15, -0.1) is 0 Å². The summed E-state index contributed by atoms with van der Waals surface area (Å²) < 4.78 is 0. The molecule has 0 radical (unpaired) electrons. The van der Waals surface area contributed by atoms with Crippen molar-refractivity contribution in [2.24, 2.45) is 5.41 Å². The van der Waals surface area contributed by atoms with Crippen molar-refractivity contribution in [3.63, 3.8) is 0 Å². The second kappa shape index (κ2) is 5.22. The van der Waals surface area contributed by atoms with Crippen molar-refractivity contribution >= 4 is 5.91 Å². The van der Waals surface area contributed by atoms with Crippen LogP contribution in [-0.4, -0.2) is 5.91 Å². The number of benzene rings is 1. The van der Waals surface area contributed by atoms with Crippen LogP contribution in [0.15, 0.2) is 24.3 Å². The van der Waals surface area contributed by atoms with E-state index in [4.69, 9.17) is 0 Å². The van der Waals surface area contributed by atoms with Gasteiger partial charge in [0.2, 0.25) is 5.91 Å². The quantitative estimate of drug-likeness (QED) is 0.886. The molecule has 3 heteroatoms. The Bertz CT molecular complexity index is 482. The fourth-order valence-electron chi connectivity index (χ4n) is 2.52. The minimum Gasteiger partial charge on any atom is -0.351 e. The molecule has 1 aromatic carbocycles. The van der Waals surface area contributed by atoms with Crippen LogP contribution in [-0.2, 0) is 11.3 Å². The Labute approximate surface area is 108 Å². The predicted molar refractivity (Wildman–Crippen MR) is 69.5 cm³/mol. The van der Waals surface area contributed by atoms with Crippen LogP contribution in [0.4, 0.5) is 0 Å². The standard InChI is InChI=1S/C15H18N2O/c1-12-6-2-3-7-13(12)10-17-14(18)15(11-16)8-4-5-9-15/h2-3,6-7H,4-5,8-10H2,1H3,(H,17,18). The fraction of sp³-hybridized carbons (Fsp3) is 0.467. The summed E-state index contributed by atoms with van der Waals surface area (Å²) in [5, 5.41) is 12.1. The average molecular weight is 242 g/mol. The number of nitrogens with one attached hydrogen (secondary N) is 1. The van der Waals surface area contributed by atoms with Crippen LogP contribution in [0.25, 0.3) is 0 Å². The highest BCUT2D eigenvalue weighted by Gasteiger charge is 2.41. The zero-order valence-corrected chi connectivity index (χ0v) is 10.7. The van der Waals surface area contributed by atoms with Crippen molar-refractivity contribution in [1.82, 2.24) is 5.32 Å². The van der Waals surface area contributed by atoms with Crippen LogP contribution in [0.3, 0.4) is 0 Å². The Kier molecular flexibility index (Phi) is 3.66. The molecule has 0 heterocycles. The number of carbonyl (C=O) groups is 1. The van der Waals surface area contributed by atoms with Gasteiger partial charge in [-0.1, -0.05) is 37.1 Å². The SMILES string of the molecule is Cc1ccccc1CNC(=O)C1(C#N)CCCC1. The largest absolute Gasteiger partial charge is 0.351 e. The van der Waals surface area contributed by atoms with Gasteiger partial charge in [-0.05, 0) is 30.9 Å². The van der Waals surface area contributed by atoms with E-state index in [-0.39, 0.29) is 5.91 Å². The molecule has 0 aliphatic heterocycles. The number of carbonyl (C=O) groups excluding carboxylic acids is 1. The van der Waals surface area contributed by atoms with Crippen LogP contribution in [0.2, 0.25) is 0 Å². The second-order valence-electron chi connectivity index (χ2n) is 5.01. The monoisotopic (exact) mass is 242 g/mol. The van der Waals surface area contributed by atoms with E-state index in [2.05, 4.69) is 11.4 Å². The number of hydrogen-bond acceptors (Lipinski definition) is 2. The highest BCUT2D eigenvalue weighted by atomic mass is 16.2. The number of nitrogens with zero attached hydrogens (tertiary/aromatic N) is 1. The average Bonchev–Trinajstić information content (AvgIpc) is 2.87. The molecule has 0 saturated heterocycles. The molecule has 18 heavy (non-hydrogen) atoms. The molecular formula is C15H18N2O. The van der Waals surface area contributed by atoms with Crippen LogP contribution in [0.5, 0.6) is 0 Å². The van der Waals surface area contributed by atoms with Crippen molar-refractivity contribution in [3.8, 4) is 6.07 Å². The minimum atomic E-state index is -0.775. The highest BCUT2D eigenvalue weighted by Crippen LogP contribution is 2.37. The zero-order valence-electron chi connectivity index (χ0n) is 10.7. The van der Waals surface area contributed by atoms with Gasteiger partial charge in [0.05, 0.1) is 6.07 Å². The first-order chi connectivity index (χ1) is 8.68. The van der Waals surface area contributed by atoms with Gasteiger partial charge in [0.15, 0.2) is 0 Å². The van der Waals surface area contributed by atoms with Crippen molar-refractivity contribution in [2.75, 3.05) is 0 Å². The van der Waals surface area contributed by atoms with Gasteiger partial charge in [0.25, 0.3) is 0 Å². The molecule has 0 atom stereocenters. The lowest BCUT2D eigenvalue weighted by atomic mass is 9.87. The maximum Gasteiger partial charge on any atom is 0.240 e. The van der Waals surface area contributed by atoms with Gasteiger partial charge in [-0.3, -0.25) is 4.79 Å². The molecule has 0 unspecified atom stereocenters. The summed E-state index contributed by atoms with van der Waals surface area (Å²) in [5.74, 6) is -0.106. The van der Waals surface area contributed by atoms with Gasteiger partial charge < -0.3 is 5.32 Å². The van der Waals surface area contributed by atoms with E-state index in [1.54, 1.807) is 0 Å². The molecule has 0 spiro atoms. The molecule has 1 aliphatic carbocycles. The first-order valence-corrected chi connectivity index (χ1v) is 6.42. The van der Waals surface area contributed by atoms with Gasteiger partial charge in [-0.25, -0.2) is 0 Å². The van der Waals surface area contributed by atoms with Gasteiger partial charge >= 0.3 is 0 Å². The first-order valence-electron chi connectivity index (χ1n) is 6.42. The summed E-state index contributed by atoms with van der Waals surface area (Å²) in [7, 11) is 0. The van der Waals surface area contributed by atoms with Gasteiger partial charge in [0, 0.05) is 6.54 Å². The number of nitriles is 1. The lowest BCUT2D eigenvalue weighted by molar-refractivity contribution is -0.128. The zero-order chi connectivity index (χ0) is 13.0. The third-order valence-electron chi connectivity index (χ3n) is 3.81. The Morgan fingerprint density at radius 1 is 1.39 bits per heavy atom. The van der Waals surface area contributed by atoms with Crippen molar-refractivity contribution in [3.05, 3.63) is 35.4 Å². The number of hydrogen-bond donors (Lipinski definition) is 1. The van der Waals surface area contributed by atoms with Crippen LogP contribution in [0.1, 0.15) is 36.8 Å². The summed E-state index contributed by atoms with van der Waals surface area (Å²) in [6.07, 6.45) is 3.35. The summed E-state index contributed by atoms with van der Waals surface area (Å²) >= 11 is 0. The summed E-state index contributed by atoms with van der Waals surface area (Å²) in [4.78, 5) is 12.1. The molecule has 1 amide bonds. The Morgan fingerprint density at radius 3 is 2.67 bits per heavy atom. The second-order valence-corrected chi connectivity index (χ2v) is 5.01. The molecule has 1 aliphatic rings. The first kappa shape index (κ1) is 12.6. The lowest BCUT2D eigenvalue weighted by Gasteiger charge is -2.19. The Balaban J connectivity index is 2.01. The summed E-state index contributed by atoms with van der Waals surface area (Å²) in [6, 6.07) is 10.2. The van der Waals surface area contributed by atoms with Crippen LogP contribution in [0, 0.1) is 23.7 Å². The third-order valence-corrected chi connectivity index (χ3v) is 3.81. The number of amides is 1. The predicted octanol–water partition coefficient (Wildman–Crippen LogP) is 2.70. The molecule has 1 N–H and O–H groups in total. The van der Waals surface area contributed by atoms with Gasteiger partial charge in [-0.2, -0.15) is 5.26 Å². The van der Waals surface area contributed by atoms with Crippen molar-refractivity contribution in [2.45, 2.75) is 39.2 Å². The molecule has 0 aromatic heterocycles. The molecular weight excluding hydrogens is 224 g/mol. The fourth-order valence-corrected chi connectivity index (χ4v) is 2.52. The normalized spacial score (nSPS) is 17.1. The third kappa shape index (κ3) is 2.38. The summed E-state index contributed by atoms with van der Waals surface area (Å²) in [5.41, 5.74) is 1.50. The van der Waals surface area contributed by atoms with Crippen LogP contribution >= 0.6 is 0 Å². The molecule has 1 aromatic rings. The molecule has 94 valence electrons. The Morgan fingerprint density at radius 2 is 2.06 bits per heavy atom.